The topological polar surface area (TPSA) is 54.5 Å². The standard InChI is InChI=1S/C18H21NO3S/c1-13(2)18(20)19(17-12-8-9-14(3)15(17)4)23(21,22)16-10-6-5-7-11-16/h5-13H,1-4H3. The highest BCUT2D eigenvalue weighted by molar-refractivity contribution is 7.93. The van der Waals surface area contributed by atoms with E-state index >= 15 is 0 Å². The number of amides is 1. The summed E-state index contributed by atoms with van der Waals surface area (Å²) >= 11 is 0. The number of hydrogen-bond donors (Lipinski definition) is 0. The van der Waals surface area contributed by atoms with Crippen LogP contribution in [0.2, 0.25) is 0 Å². The van der Waals surface area contributed by atoms with E-state index in [1.54, 1.807) is 44.2 Å². The lowest BCUT2D eigenvalue weighted by Gasteiger charge is -2.26. The third-order valence-corrected chi connectivity index (χ3v) is 5.50. The summed E-state index contributed by atoms with van der Waals surface area (Å²) in [5.41, 5.74) is 2.13. The molecule has 5 heteroatoms. The Morgan fingerprint density at radius 1 is 0.957 bits per heavy atom. The predicted molar refractivity (Wildman–Crippen MR) is 91.9 cm³/mol. The number of carbonyl (C=O) groups is 1. The van der Waals surface area contributed by atoms with Crippen molar-refractivity contribution >= 4 is 21.6 Å². The third kappa shape index (κ3) is 3.29. The van der Waals surface area contributed by atoms with Crippen molar-refractivity contribution in [3.8, 4) is 0 Å². The van der Waals surface area contributed by atoms with Crippen molar-refractivity contribution in [2.75, 3.05) is 4.31 Å². The Bertz CT molecular complexity index is 811. The molecule has 0 saturated heterocycles. The molecule has 0 fully saturated rings. The molecule has 0 aliphatic rings. The number of rotatable bonds is 4. The summed E-state index contributed by atoms with van der Waals surface area (Å²) < 4.78 is 27.0. The van der Waals surface area contributed by atoms with Gasteiger partial charge in [0.1, 0.15) is 0 Å². The van der Waals surface area contributed by atoms with Crippen LogP contribution < -0.4 is 4.31 Å². The van der Waals surface area contributed by atoms with E-state index in [-0.39, 0.29) is 4.90 Å². The van der Waals surface area contributed by atoms with Gasteiger partial charge in [-0.15, -0.1) is 0 Å². The summed E-state index contributed by atoms with van der Waals surface area (Å²) in [7, 11) is -3.95. The Hall–Kier alpha value is -2.14. The molecule has 23 heavy (non-hydrogen) atoms. The van der Waals surface area contributed by atoms with Crippen molar-refractivity contribution in [1.29, 1.82) is 0 Å². The molecule has 0 aliphatic heterocycles. The second-order valence-corrected chi connectivity index (χ2v) is 7.58. The molecular formula is C18H21NO3S. The molecule has 2 rings (SSSR count). The van der Waals surface area contributed by atoms with E-state index in [9.17, 15) is 13.2 Å². The zero-order valence-electron chi connectivity index (χ0n) is 13.8. The van der Waals surface area contributed by atoms with Crippen LogP contribution in [0.1, 0.15) is 25.0 Å². The van der Waals surface area contributed by atoms with Crippen molar-refractivity contribution in [3.05, 3.63) is 59.7 Å². The zero-order chi connectivity index (χ0) is 17.2. The first kappa shape index (κ1) is 17.2. The largest absolute Gasteiger partial charge is 0.273 e. The van der Waals surface area contributed by atoms with E-state index in [1.807, 2.05) is 19.9 Å². The van der Waals surface area contributed by atoms with Crippen LogP contribution in [0.3, 0.4) is 0 Å². The first-order valence-electron chi connectivity index (χ1n) is 7.47. The number of anilines is 1. The van der Waals surface area contributed by atoms with Crippen LogP contribution >= 0.6 is 0 Å². The van der Waals surface area contributed by atoms with Gasteiger partial charge >= 0.3 is 0 Å². The van der Waals surface area contributed by atoms with Crippen LogP contribution in [0, 0.1) is 19.8 Å². The van der Waals surface area contributed by atoms with Gasteiger partial charge in [0.05, 0.1) is 10.6 Å². The lowest BCUT2D eigenvalue weighted by atomic mass is 10.1. The minimum atomic E-state index is -3.95. The molecule has 0 aromatic heterocycles. The Morgan fingerprint density at radius 3 is 2.13 bits per heavy atom. The smallest absolute Gasteiger partial charge is 0.270 e. The van der Waals surface area contributed by atoms with E-state index in [4.69, 9.17) is 0 Å². The second kappa shape index (κ2) is 6.54. The third-order valence-electron chi connectivity index (χ3n) is 3.77. The fourth-order valence-corrected chi connectivity index (χ4v) is 3.87. The van der Waals surface area contributed by atoms with Crippen LogP contribution in [0.5, 0.6) is 0 Å². The number of hydrogen-bond acceptors (Lipinski definition) is 3. The average Bonchev–Trinajstić information content (AvgIpc) is 2.52. The first-order valence-corrected chi connectivity index (χ1v) is 8.91. The van der Waals surface area contributed by atoms with Gasteiger partial charge in [0.25, 0.3) is 10.0 Å². The van der Waals surface area contributed by atoms with E-state index in [0.29, 0.717) is 5.69 Å². The molecule has 122 valence electrons. The van der Waals surface area contributed by atoms with Gasteiger partial charge in [-0.05, 0) is 43.2 Å². The molecule has 0 heterocycles. The number of aryl methyl sites for hydroxylation is 1. The van der Waals surface area contributed by atoms with E-state index < -0.39 is 21.8 Å². The highest BCUT2D eigenvalue weighted by Gasteiger charge is 2.33. The van der Waals surface area contributed by atoms with Crippen molar-refractivity contribution in [2.45, 2.75) is 32.6 Å². The Balaban J connectivity index is 2.70. The summed E-state index contributed by atoms with van der Waals surface area (Å²) in [4.78, 5) is 12.8. The Kier molecular flexibility index (Phi) is 4.90. The van der Waals surface area contributed by atoms with Gasteiger partial charge in [-0.25, -0.2) is 12.7 Å². The van der Waals surface area contributed by atoms with Gasteiger partial charge < -0.3 is 0 Å². The maximum Gasteiger partial charge on any atom is 0.270 e. The van der Waals surface area contributed by atoms with Gasteiger partial charge in [-0.3, -0.25) is 4.79 Å². The number of benzene rings is 2. The summed E-state index contributed by atoms with van der Waals surface area (Å²) in [5.74, 6) is -0.879. The maximum atomic E-state index is 13.0. The highest BCUT2D eigenvalue weighted by atomic mass is 32.2. The average molecular weight is 331 g/mol. The Morgan fingerprint density at radius 2 is 1.57 bits per heavy atom. The molecule has 2 aromatic rings. The van der Waals surface area contributed by atoms with Crippen LogP contribution in [-0.2, 0) is 14.8 Å². The molecule has 2 aromatic carbocycles. The SMILES string of the molecule is Cc1cccc(N(C(=O)C(C)C)S(=O)(=O)c2ccccc2)c1C. The second-order valence-electron chi connectivity index (χ2n) is 5.79. The molecular weight excluding hydrogens is 310 g/mol. The summed E-state index contributed by atoms with van der Waals surface area (Å²) in [6.07, 6.45) is 0. The molecule has 0 radical (unpaired) electrons. The Labute approximate surface area is 137 Å². The number of carbonyl (C=O) groups excluding carboxylic acids is 1. The van der Waals surface area contributed by atoms with E-state index in [1.165, 1.54) is 12.1 Å². The summed E-state index contributed by atoms with van der Waals surface area (Å²) in [5, 5.41) is 0. The molecule has 0 N–H and O–H groups in total. The fourth-order valence-electron chi connectivity index (χ4n) is 2.25. The van der Waals surface area contributed by atoms with Gasteiger partial charge in [-0.2, -0.15) is 0 Å². The molecule has 4 nitrogen and oxygen atoms in total. The van der Waals surface area contributed by atoms with Crippen LogP contribution in [0.4, 0.5) is 5.69 Å². The van der Waals surface area contributed by atoms with Crippen LogP contribution in [0.15, 0.2) is 53.4 Å². The molecule has 0 aliphatic carbocycles. The fraction of sp³-hybridized carbons (Fsp3) is 0.278. The lowest BCUT2D eigenvalue weighted by molar-refractivity contribution is -0.120. The monoisotopic (exact) mass is 331 g/mol. The maximum absolute atomic E-state index is 13.0. The molecule has 0 saturated carbocycles. The van der Waals surface area contributed by atoms with Gasteiger partial charge in [-0.1, -0.05) is 44.2 Å². The summed E-state index contributed by atoms with van der Waals surface area (Å²) in [6.45, 7) is 7.11. The van der Waals surface area contributed by atoms with E-state index in [2.05, 4.69) is 0 Å². The van der Waals surface area contributed by atoms with Gasteiger partial charge in [0.15, 0.2) is 0 Å². The minimum absolute atomic E-state index is 0.106. The quantitative estimate of drug-likeness (QED) is 0.859. The predicted octanol–water partition coefficient (Wildman–Crippen LogP) is 3.68. The molecule has 1 amide bonds. The zero-order valence-corrected chi connectivity index (χ0v) is 14.6. The van der Waals surface area contributed by atoms with Gasteiger partial charge in [0, 0.05) is 5.92 Å². The highest BCUT2D eigenvalue weighted by Crippen LogP contribution is 2.30. The van der Waals surface area contributed by atoms with Crippen molar-refractivity contribution in [2.24, 2.45) is 5.92 Å². The first-order chi connectivity index (χ1) is 10.8. The molecule has 0 spiro atoms. The molecule has 0 atom stereocenters. The lowest BCUT2D eigenvalue weighted by Crippen LogP contribution is -2.40. The normalized spacial score (nSPS) is 11.5. The van der Waals surface area contributed by atoms with Crippen molar-refractivity contribution < 1.29 is 13.2 Å². The molecule has 0 unspecified atom stereocenters. The van der Waals surface area contributed by atoms with E-state index in [0.717, 1.165) is 15.4 Å². The minimum Gasteiger partial charge on any atom is -0.273 e. The van der Waals surface area contributed by atoms with Gasteiger partial charge in [0.2, 0.25) is 5.91 Å². The van der Waals surface area contributed by atoms with Crippen molar-refractivity contribution in [1.82, 2.24) is 0 Å². The van der Waals surface area contributed by atoms with Crippen LogP contribution in [-0.4, -0.2) is 14.3 Å². The number of nitrogens with zero attached hydrogens (tertiary/aromatic N) is 1. The summed E-state index contributed by atoms with van der Waals surface area (Å²) in [6, 6.07) is 13.4. The van der Waals surface area contributed by atoms with Crippen LogP contribution in [0.25, 0.3) is 0 Å². The number of sulfonamides is 1. The van der Waals surface area contributed by atoms with Crippen molar-refractivity contribution in [3.63, 3.8) is 0 Å². The molecule has 0 bridgehead atoms.